The van der Waals surface area contributed by atoms with Crippen LogP contribution in [0, 0.1) is 0 Å². The number of rotatable bonds is 35. The van der Waals surface area contributed by atoms with Crippen LogP contribution in [0.25, 0.3) is 0 Å². The van der Waals surface area contributed by atoms with Crippen molar-refractivity contribution >= 4 is 17.9 Å². The summed E-state index contributed by atoms with van der Waals surface area (Å²) in [6, 6.07) is 0. The van der Waals surface area contributed by atoms with Crippen molar-refractivity contribution in [1.29, 1.82) is 0 Å². The Morgan fingerprint density at radius 3 is 1.20 bits per heavy atom. The van der Waals surface area contributed by atoms with Crippen LogP contribution in [0.4, 0.5) is 0 Å². The van der Waals surface area contributed by atoms with E-state index in [1.54, 1.807) is 14.1 Å². The van der Waals surface area contributed by atoms with Gasteiger partial charge in [-0.1, -0.05) is 168 Å². The molecule has 0 saturated carbocycles. The number of nitrogens with zero attached hydrogens (tertiary/aromatic N) is 1. The molecule has 46 heavy (non-hydrogen) atoms. The van der Waals surface area contributed by atoms with E-state index in [9.17, 15) is 19.5 Å². The highest BCUT2D eigenvalue weighted by Crippen LogP contribution is 2.15. The van der Waals surface area contributed by atoms with Gasteiger partial charge in [-0.2, -0.15) is 0 Å². The highest BCUT2D eigenvalue weighted by Gasteiger charge is 2.27. The second-order valence-corrected chi connectivity index (χ2v) is 14.4. The van der Waals surface area contributed by atoms with Gasteiger partial charge in [0, 0.05) is 12.8 Å². The molecule has 0 fully saturated rings. The van der Waals surface area contributed by atoms with Crippen molar-refractivity contribution in [2.45, 2.75) is 200 Å². The zero-order valence-corrected chi connectivity index (χ0v) is 30.9. The zero-order valence-electron chi connectivity index (χ0n) is 30.9. The van der Waals surface area contributed by atoms with Crippen molar-refractivity contribution in [1.82, 2.24) is 0 Å². The van der Waals surface area contributed by atoms with Crippen molar-refractivity contribution in [3.63, 3.8) is 0 Å². The molecule has 0 heterocycles. The van der Waals surface area contributed by atoms with Crippen LogP contribution >= 0.6 is 0 Å². The van der Waals surface area contributed by atoms with Gasteiger partial charge >= 0.3 is 11.9 Å². The summed E-state index contributed by atoms with van der Waals surface area (Å²) in [5.41, 5.74) is 0. The van der Waals surface area contributed by atoms with Gasteiger partial charge in [0.1, 0.15) is 19.7 Å². The molecule has 0 N–H and O–H groups in total. The number of carbonyl (C=O) groups excluding carboxylic acids is 3. The van der Waals surface area contributed by atoms with Gasteiger partial charge in [-0.15, -0.1) is 0 Å². The maximum Gasteiger partial charge on any atom is 0.306 e. The van der Waals surface area contributed by atoms with E-state index in [4.69, 9.17) is 9.47 Å². The lowest BCUT2D eigenvalue weighted by atomic mass is 10.0. The van der Waals surface area contributed by atoms with Gasteiger partial charge < -0.3 is 23.9 Å². The van der Waals surface area contributed by atoms with E-state index < -0.39 is 12.1 Å². The summed E-state index contributed by atoms with van der Waals surface area (Å²) in [6.45, 7) is 4.50. The largest absolute Gasteiger partial charge is 0.544 e. The Morgan fingerprint density at radius 1 is 0.522 bits per heavy atom. The maximum absolute atomic E-state index is 12.6. The summed E-state index contributed by atoms with van der Waals surface area (Å²) in [5, 5.41) is 11.2. The Morgan fingerprint density at radius 2 is 0.848 bits per heavy atom. The molecule has 0 bridgehead atoms. The number of hydrogen-bond donors (Lipinski definition) is 0. The number of aliphatic carboxylic acids is 1. The Hall–Kier alpha value is -1.63. The smallest absolute Gasteiger partial charge is 0.306 e. The third kappa shape index (κ3) is 32.3. The van der Waals surface area contributed by atoms with Gasteiger partial charge in [0.2, 0.25) is 0 Å². The minimum Gasteiger partial charge on any atom is -0.544 e. The molecule has 0 amide bonds. The third-order valence-electron chi connectivity index (χ3n) is 8.95. The molecule has 1 atom stereocenters. The molecule has 0 spiro atoms. The molecule has 0 aliphatic carbocycles. The average Bonchev–Trinajstić information content (AvgIpc) is 2.99. The Labute approximate surface area is 284 Å². The first-order valence-corrected chi connectivity index (χ1v) is 19.6. The molecule has 0 saturated heterocycles. The third-order valence-corrected chi connectivity index (χ3v) is 8.95. The Kier molecular flexibility index (Phi) is 30.8. The topological polar surface area (TPSA) is 92.7 Å². The predicted octanol–water partition coefficient (Wildman–Crippen LogP) is 9.23. The number of carboxylic acid groups (broad SMARTS) is 1. The molecular formula is C39H75NO6. The standard InChI is InChI=1S/C39H75NO6/c1-5-7-9-11-13-15-17-19-21-23-25-27-29-31-38(43)45-35-36(33-40(3,4)34-37(41)42)46-39(44)32-30-28-26-24-22-20-18-16-14-12-10-8-6-2/h36H,5-35H2,1-4H3. The minimum atomic E-state index is -1.17. The van der Waals surface area contributed by atoms with Crippen molar-refractivity contribution in [3.8, 4) is 0 Å². The first kappa shape index (κ1) is 44.4. The summed E-state index contributed by atoms with van der Waals surface area (Å²) in [4.78, 5) is 36.3. The van der Waals surface area contributed by atoms with E-state index in [1.807, 2.05) is 0 Å². The number of unbranched alkanes of at least 4 members (excludes halogenated alkanes) is 24. The first-order valence-electron chi connectivity index (χ1n) is 19.6. The second-order valence-electron chi connectivity index (χ2n) is 14.4. The average molecular weight is 654 g/mol. The zero-order chi connectivity index (χ0) is 34.1. The lowest BCUT2D eigenvalue weighted by Crippen LogP contribution is -2.53. The molecular weight excluding hydrogens is 578 g/mol. The molecule has 0 aliphatic heterocycles. The monoisotopic (exact) mass is 654 g/mol. The van der Waals surface area contributed by atoms with Crippen LogP contribution in [0.2, 0.25) is 0 Å². The van der Waals surface area contributed by atoms with E-state index in [1.165, 1.54) is 128 Å². The van der Waals surface area contributed by atoms with Crippen molar-refractivity contribution < 1.29 is 33.4 Å². The Bertz CT molecular complexity index is 725. The molecule has 7 heteroatoms. The second kappa shape index (κ2) is 31.9. The molecule has 272 valence electrons. The lowest BCUT2D eigenvalue weighted by molar-refractivity contribution is -0.887. The van der Waals surface area contributed by atoms with Crippen LogP contribution in [-0.2, 0) is 23.9 Å². The molecule has 0 radical (unpaired) electrons. The summed E-state index contributed by atoms with van der Waals surface area (Å²) in [6.07, 6.45) is 32.4. The van der Waals surface area contributed by atoms with Crippen molar-refractivity contribution in [2.75, 3.05) is 33.8 Å². The normalized spacial score (nSPS) is 12.3. The lowest BCUT2D eigenvalue weighted by Gasteiger charge is -2.33. The number of hydrogen-bond acceptors (Lipinski definition) is 6. The molecule has 0 aliphatic rings. The quantitative estimate of drug-likeness (QED) is 0.0385. The van der Waals surface area contributed by atoms with Crippen molar-refractivity contribution in [3.05, 3.63) is 0 Å². The molecule has 7 nitrogen and oxygen atoms in total. The van der Waals surface area contributed by atoms with E-state index in [0.717, 1.165) is 38.5 Å². The van der Waals surface area contributed by atoms with Gasteiger partial charge in [0.15, 0.2) is 6.10 Å². The molecule has 0 aromatic carbocycles. The predicted molar refractivity (Wildman–Crippen MR) is 188 cm³/mol. The van der Waals surface area contributed by atoms with Crippen LogP contribution < -0.4 is 5.11 Å². The number of likely N-dealkylation sites (N-methyl/N-ethyl adjacent to an activating group) is 1. The van der Waals surface area contributed by atoms with Gasteiger partial charge in [-0.25, -0.2) is 0 Å². The number of ether oxygens (including phenoxy) is 2. The highest BCUT2D eigenvalue weighted by atomic mass is 16.6. The fourth-order valence-electron chi connectivity index (χ4n) is 6.17. The summed E-state index contributed by atoms with van der Waals surface area (Å²) >= 11 is 0. The van der Waals surface area contributed by atoms with Crippen molar-refractivity contribution in [2.24, 2.45) is 0 Å². The summed E-state index contributed by atoms with van der Waals surface area (Å²) in [5.74, 6) is -1.76. The number of carboxylic acids is 1. The van der Waals surface area contributed by atoms with Gasteiger partial charge in [-0.05, 0) is 12.8 Å². The molecule has 1 unspecified atom stereocenters. The van der Waals surface area contributed by atoms with Crippen LogP contribution in [0.3, 0.4) is 0 Å². The first-order chi connectivity index (χ1) is 22.2. The van der Waals surface area contributed by atoms with E-state index in [2.05, 4.69) is 13.8 Å². The fraction of sp³-hybridized carbons (Fsp3) is 0.923. The minimum absolute atomic E-state index is 0.0453. The number of carbonyl (C=O) groups is 3. The Balaban J connectivity index is 4.15. The maximum atomic E-state index is 12.6. The summed E-state index contributed by atoms with van der Waals surface area (Å²) < 4.78 is 11.3. The summed E-state index contributed by atoms with van der Waals surface area (Å²) in [7, 11) is 3.50. The number of esters is 2. The van der Waals surface area contributed by atoms with Crippen LogP contribution in [0.1, 0.15) is 194 Å². The van der Waals surface area contributed by atoms with Crippen LogP contribution in [-0.4, -0.2) is 62.3 Å². The molecule has 0 aromatic heterocycles. The van der Waals surface area contributed by atoms with Gasteiger partial charge in [0.05, 0.1) is 20.1 Å². The van der Waals surface area contributed by atoms with Crippen LogP contribution in [0.5, 0.6) is 0 Å². The molecule has 0 aromatic rings. The van der Waals surface area contributed by atoms with Gasteiger partial charge in [-0.3, -0.25) is 9.59 Å². The van der Waals surface area contributed by atoms with E-state index in [0.29, 0.717) is 12.8 Å². The molecule has 0 rings (SSSR count). The number of quaternary nitrogens is 1. The fourth-order valence-corrected chi connectivity index (χ4v) is 6.17. The van der Waals surface area contributed by atoms with Crippen LogP contribution in [0.15, 0.2) is 0 Å². The van der Waals surface area contributed by atoms with E-state index >= 15 is 0 Å². The van der Waals surface area contributed by atoms with E-state index in [-0.39, 0.29) is 36.1 Å². The SMILES string of the molecule is CCCCCCCCCCCCCCCC(=O)OCC(C[N+](C)(C)CC(=O)[O-])OC(=O)CCCCCCCCCCCCCCC. The van der Waals surface area contributed by atoms with Gasteiger partial charge in [0.25, 0.3) is 0 Å². The highest BCUT2D eigenvalue weighted by molar-refractivity contribution is 5.70.